The third-order valence-electron chi connectivity index (χ3n) is 1.58. The summed E-state index contributed by atoms with van der Waals surface area (Å²) in [5, 5.41) is 3.38. The fourth-order valence-corrected chi connectivity index (χ4v) is 1.32. The maximum Gasteiger partial charge on any atom is 0.407 e. The molecule has 0 spiro atoms. The standard InChI is InChI=1S/C9H9Cl2NO2/c1-12-9(13)14-5-6-2-3-7(10)4-8(6)11/h2-4H,5H2,1H3,(H,12,13). The molecule has 0 saturated heterocycles. The van der Waals surface area contributed by atoms with Crippen LogP contribution in [0.3, 0.4) is 0 Å². The van der Waals surface area contributed by atoms with Crippen molar-refractivity contribution >= 4 is 29.3 Å². The van der Waals surface area contributed by atoms with Crippen LogP contribution in [0.2, 0.25) is 10.0 Å². The zero-order valence-corrected chi connectivity index (χ0v) is 9.02. The van der Waals surface area contributed by atoms with E-state index in [1.54, 1.807) is 18.2 Å². The molecule has 1 N–H and O–H groups in total. The van der Waals surface area contributed by atoms with Gasteiger partial charge in [-0.1, -0.05) is 29.3 Å². The van der Waals surface area contributed by atoms with E-state index in [4.69, 9.17) is 27.9 Å². The summed E-state index contributed by atoms with van der Waals surface area (Å²) in [5.41, 5.74) is 0.722. The molecule has 5 heteroatoms. The molecule has 0 aliphatic rings. The number of hydrogen-bond donors (Lipinski definition) is 1. The van der Waals surface area contributed by atoms with E-state index in [1.165, 1.54) is 7.05 Å². The summed E-state index contributed by atoms with van der Waals surface area (Å²) in [7, 11) is 1.49. The van der Waals surface area contributed by atoms with Gasteiger partial charge in [0.05, 0.1) is 0 Å². The molecule has 0 unspecified atom stereocenters. The molecule has 0 saturated carbocycles. The Morgan fingerprint density at radius 1 is 1.50 bits per heavy atom. The van der Waals surface area contributed by atoms with Crippen LogP contribution in [0.25, 0.3) is 0 Å². The number of amides is 1. The zero-order chi connectivity index (χ0) is 10.6. The normalized spacial score (nSPS) is 9.64. The Labute approximate surface area is 92.0 Å². The van der Waals surface area contributed by atoms with Gasteiger partial charge in [-0.25, -0.2) is 4.79 Å². The van der Waals surface area contributed by atoms with Crippen molar-refractivity contribution in [1.29, 1.82) is 0 Å². The lowest BCUT2D eigenvalue weighted by atomic mass is 10.2. The van der Waals surface area contributed by atoms with Crippen LogP contribution in [0.15, 0.2) is 18.2 Å². The van der Waals surface area contributed by atoms with Gasteiger partial charge in [-0.15, -0.1) is 0 Å². The molecule has 0 heterocycles. The monoisotopic (exact) mass is 233 g/mol. The van der Waals surface area contributed by atoms with Gasteiger partial charge in [-0.3, -0.25) is 0 Å². The minimum absolute atomic E-state index is 0.135. The van der Waals surface area contributed by atoms with Crippen LogP contribution in [-0.4, -0.2) is 13.1 Å². The molecule has 0 radical (unpaired) electrons. The summed E-state index contributed by atoms with van der Waals surface area (Å²) in [6.45, 7) is 0.135. The number of nitrogens with one attached hydrogen (secondary N) is 1. The number of rotatable bonds is 2. The third kappa shape index (κ3) is 3.09. The van der Waals surface area contributed by atoms with Crippen molar-refractivity contribution in [3.05, 3.63) is 33.8 Å². The third-order valence-corrected chi connectivity index (χ3v) is 2.16. The summed E-state index contributed by atoms with van der Waals surface area (Å²) >= 11 is 11.6. The highest BCUT2D eigenvalue weighted by Gasteiger charge is 2.03. The van der Waals surface area contributed by atoms with Crippen LogP contribution in [0.5, 0.6) is 0 Å². The molecule has 0 bridgehead atoms. The summed E-state index contributed by atoms with van der Waals surface area (Å²) in [6, 6.07) is 5.01. The Hall–Kier alpha value is -0.930. The summed E-state index contributed by atoms with van der Waals surface area (Å²) < 4.78 is 4.82. The van der Waals surface area contributed by atoms with Crippen LogP contribution in [-0.2, 0) is 11.3 Å². The van der Waals surface area contributed by atoms with Gasteiger partial charge in [-0.2, -0.15) is 0 Å². The molecular formula is C9H9Cl2NO2. The van der Waals surface area contributed by atoms with Crippen molar-refractivity contribution in [2.45, 2.75) is 6.61 Å². The average molecular weight is 234 g/mol. The van der Waals surface area contributed by atoms with E-state index in [0.29, 0.717) is 10.0 Å². The van der Waals surface area contributed by atoms with Crippen LogP contribution in [0, 0.1) is 0 Å². The van der Waals surface area contributed by atoms with E-state index in [9.17, 15) is 4.79 Å². The number of ether oxygens (including phenoxy) is 1. The van der Waals surface area contributed by atoms with E-state index in [2.05, 4.69) is 5.32 Å². The molecule has 0 aliphatic carbocycles. The molecule has 76 valence electrons. The molecule has 1 rings (SSSR count). The van der Waals surface area contributed by atoms with Gasteiger partial charge in [0, 0.05) is 22.7 Å². The summed E-state index contributed by atoms with van der Waals surface area (Å²) in [5.74, 6) is 0. The first-order valence-electron chi connectivity index (χ1n) is 3.92. The number of hydrogen-bond acceptors (Lipinski definition) is 2. The lowest BCUT2D eigenvalue weighted by molar-refractivity contribution is 0.142. The number of alkyl carbamates (subject to hydrolysis) is 1. The summed E-state index contributed by atoms with van der Waals surface area (Å²) in [4.78, 5) is 10.8. The largest absolute Gasteiger partial charge is 0.445 e. The first-order valence-corrected chi connectivity index (χ1v) is 4.67. The second kappa shape index (κ2) is 5.08. The lowest BCUT2D eigenvalue weighted by Gasteiger charge is -2.05. The number of halogens is 2. The first-order chi connectivity index (χ1) is 6.63. The Kier molecular flexibility index (Phi) is 4.04. The molecule has 0 atom stereocenters. The number of benzene rings is 1. The highest BCUT2D eigenvalue weighted by molar-refractivity contribution is 6.35. The minimum atomic E-state index is -0.490. The Bertz CT molecular complexity index is 342. The van der Waals surface area contributed by atoms with Gasteiger partial charge in [-0.05, 0) is 12.1 Å². The average Bonchev–Trinajstić information content (AvgIpc) is 2.16. The van der Waals surface area contributed by atoms with Crippen LogP contribution in [0.1, 0.15) is 5.56 Å². The first kappa shape index (κ1) is 11.1. The zero-order valence-electron chi connectivity index (χ0n) is 7.51. The van der Waals surface area contributed by atoms with Gasteiger partial charge >= 0.3 is 6.09 Å². The Morgan fingerprint density at radius 2 is 2.21 bits per heavy atom. The number of carbonyl (C=O) groups is 1. The minimum Gasteiger partial charge on any atom is -0.445 e. The fraction of sp³-hybridized carbons (Fsp3) is 0.222. The van der Waals surface area contributed by atoms with E-state index < -0.39 is 6.09 Å². The molecule has 14 heavy (non-hydrogen) atoms. The van der Waals surface area contributed by atoms with Gasteiger partial charge in [0.25, 0.3) is 0 Å². The molecule has 0 aliphatic heterocycles. The van der Waals surface area contributed by atoms with Crippen LogP contribution < -0.4 is 5.32 Å². The summed E-state index contributed by atoms with van der Waals surface area (Å²) in [6.07, 6.45) is -0.490. The maximum atomic E-state index is 10.8. The molecule has 1 amide bonds. The van der Waals surface area contributed by atoms with Gasteiger partial charge in [0.1, 0.15) is 6.61 Å². The van der Waals surface area contributed by atoms with E-state index in [0.717, 1.165) is 5.56 Å². The van der Waals surface area contributed by atoms with Gasteiger partial charge < -0.3 is 10.1 Å². The molecule has 0 aromatic heterocycles. The molecule has 1 aromatic carbocycles. The van der Waals surface area contributed by atoms with Crippen molar-refractivity contribution < 1.29 is 9.53 Å². The highest BCUT2D eigenvalue weighted by Crippen LogP contribution is 2.21. The smallest absolute Gasteiger partial charge is 0.407 e. The van der Waals surface area contributed by atoms with Crippen LogP contribution in [0.4, 0.5) is 4.79 Å². The predicted octanol–water partition coefficient (Wildman–Crippen LogP) is 2.85. The second-order valence-electron chi connectivity index (χ2n) is 2.56. The molecular weight excluding hydrogens is 225 g/mol. The van der Waals surface area contributed by atoms with Crippen LogP contribution >= 0.6 is 23.2 Å². The fourth-order valence-electron chi connectivity index (χ4n) is 0.854. The van der Waals surface area contributed by atoms with Gasteiger partial charge in [0.15, 0.2) is 0 Å². The Balaban J connectivity index is 2.63. The Morgan fingerprint density at radius 3 is 2.79 bits per heavy atom. The SMILES string of the molecule is CNC(=O)OCc1ccc(Cl)cc1Cl. The highest BCUT2D eigenvalue weighted by atomic mass is 35.5. The van der Waals surface area contributed by atoms with Crippen molar-refractivity contribution in [1.82, 2.24) is 5.32 Å². The molecule has 0 fully saturated rings. The number of carbonyl (C=O) groups excluding carboxylic acids is 1. The van der Waals surface area contributed by atoms with Crippen molar-refractivity contribution in [3.63, 3.8) is 0 Å². The van der Waals surface area contributed by atoms with Crippen molar-refractivity contribution in [3.8, 4) is 0 Å². The van der Waals surface area contributed by atoms with Gasteiger partial charge in [0.2, 0.25) is 0 Å². The second-order valence-corrected chi connectivity index (χ2v) is 3.41. The predicted molar refractivity (Wildman–Crippen MR) is 55.7 cm³/mol. The lowest BCUT2D eigenvalue weighted by Crippen LogP contribution is -2.18. The maximum absolute atomic E-state index is 10.8. The van der Waals surface area contributed by atoms with E-state index in [-0.39, 0.29) is 6.61 Å². The van der Waals surface area contributed by atoms with E-state index >= 15 is 0 Å². The van der Waals surface area contributed by atoms with Crippen molar-refractivity contribution in [2.75, 3.05) is 7.05 Å². The molecule has 3 nitrogen and oxygen atoms in total. The molecule has 1 aromatic rings. The van der Waals surface area contributed by atoms with Crippen molar-refractivity contribution in [2.24, 2.45) is 0 Å². The quantitative estimate of drug-likeness (QED) is 0.854. The topological polar surface area (TPSA) is 38.3 Å². The van der Waals surface area contributed by atoms with E-state index in [1.807, 2.05) is 0 Å².